The van der Waals surface area contributed by atoms with E-state index in [4.69, 9.17) is 14.1 Å². The van der Waals surface area contributed by atoms with Gasteiger partial charge in [0.25, 0.3) is 5.56 Å². The van der Waals surface area contributed by atoms with Crippen LogP contribution in [0.2, 0.25) is 0 Å². The first-order chi connectivity index (χ1) is 12.5. The second-order valence-electron chi connectivity index (χ2n) is 6.26. The number of esters is 1. The molecule has 1 aliphatic carbocycles. The van der Waals surface area contributed by atoms with Crippen LogP contribution in [0.15, 0.2) is 20.4 Å². The van der Waals surface area contributed by atoms with Crippen molar-refractivity contribution < 1.29 is 13.9 Å². The predicted octanol–water partition coefficient (Wildman–Crippen LogP) is 3.46. The highest BCUT2D eigenvalue weighted by Gasteiger charge is 2.23. The molecular formula is C18H18N2O4S2. The maximum Gasteiger partial charge on any atom is 0.341 e. The van der Waals surface area contributed by atoms with Gasteiger partial charge in [-0.1, -0.05) is 11.8 Å². The minimum atomic E-state index is -0.414. The van der Waals surface area contributed by atoms with Crippen LogP contribution in [0.25, 0.3) is 10.2 Å². The Labute approximate surface area is 158 Å². The average Bonchev–Trinajstić information content (AvgIpc) is 3.30. The lowest BCUT2D eigenvalue weighted by molar-refractivity contribution is 0.0599. The second-order valence-corrected chi connectivity index (χ2v) is 8.28. The number of hydrogen-bond donors (Lipinski definition) is 0. The lowest BCUT2D eigenvalue weighted by Crippen LogP contribution is -2.20. The number of fused-ring (bicyclic) bond motifs is 3. The Kier molecular flexibility index (Phi) is 4.40. The van der Waals surface area contributed by atoms with E-state index in [0.717, 1.165) is 29.5 Å². The number of furan rings is 1. The van der Waals surface area contributed by atoms with E-state index in [9.17, 15) is 9.59 Å². The van der Waals surface area contributed by atoms with Crippen LogP contribution >= 0.6 is 23.1 Å². The fraction of sp³-hybridized carbons (Fsp3) is 0.389. The largest absolute Gasteiger partial charge is 0.465 e. The summed E-state index contributed by atoms with van der Waals surface area (Å²) in [6, 6.07) is 1.69. The van der Waals surface area contributed by atoms with Crippen molar-refractivity contribution in [1.29, 1.82) is 0 Å². The van der Waals surface area contributed by atoms with Crippen molar-refractivity contribution in [2.24, 2.45) is 7.05 Å². The SMILES string of the molecule is COC(=O)c1cc(CSc2nc3sc4c(c3c(=O)n2C)CCC4)oc1C. The first-order valence-electron chi connectivity index (χ1n) is 8.31. The minimum Gasteiger partial charge on any atom is -0.465 e. The molecule has 8 heteroatoms. The van der Waals surface area contributed by atoms with Gasteiger partial charge >= 0.3 is 5.97 Å². The summed E-state index contributed by atoms with van der Waals surface area (Å²) in [7, 11) is 3.10. The van der Waals surface area contributed by atoms with E-state index in [-0.39, 0.29) is 5.56 Å². The lowest BCUT2D eigenvalue weighted by Gasteiger charge is -2.06. The molecule has 0 amide bonds. The molecule has 26 heavy (non-hydrogen) atoms. The van der Waals surface area contributed by atoms with E-state index in [0.29, 0.717) is 28.0 Å². The molecule has 0 N–H and O–H groups in total. The quantitative estimate of drug-likeness (QED) is 0.386. The van der Waals surface area contributed by atoms with Crippen molar-refractivity contribution in [2.45, 2.75) is 37.1 Å². The summed E-state index contributed by atoms with van der Waals surface area (Å²) in [4.78, 5) is 31.3. The highest BCUT2D eigenvalue weighted by Crippen LogP contribution is 2.35. The second kappa shape index (κ2) is 6.59. The van der Waals surface area contributed by atoms with E-state index in [1.54, 1.807) is 35.9 Å². The summed E-state index contributed by atoms with van der Waals surface area (Å²) in [6.45, 7) is 1.73. The molecule has 3 heterocycles. The Morgan fingerprint density at radius 1 is 1.46 bits per heavy atom. The minimum absolute atomic E-state index is 0.0165. The van der Waals surface area contributed by atoms with Crippen LogP contribution < -0.4 is 5.56 Å². The monoisotopic (exact) mass is 390 g/mol. The summed E-state index contributed by atoms with van der Waals surface area (Å²) in [5, 5.41) is 1.44. The topological polar surface area (TPSA) is 74.3 Å². The third-order valence-corrected chi connectivity index (χ3v) is 6.86. The van der Waals surface area contributed by atoms with E-state index in [2.05, 4.69) is 0 Å². The summed E-state index contributed by atoms with van der Waals surface area (Å²) in [6.07, 6.45) is 3.14. The fourth-order valence-electron chi connectivity index (χ4n) is 3.30. The molecule has 0 aliphatic heterocycles. The van der Waals surface area contributed by atoms with Crippen LogP contribution in [0.5, 0.6) is 0 Å². The van der Waals surface area contributed by atoms with Gasteiger partial charge < -0.3 is 9.15 Å². The van der Waals surface area contributed by atoms with E-state index < -0.39 is 5.97 Å². The number of hydrogen-bond acceptors (Lipinski definition) is 7. The molecule has 0 saturated carbocycles. The van der Waals surface area contributed by atoms with Gasteiger partial charge in [0.2, 0.25) is 0 Å². The molecule has 0 atom stereocenters. The van der Waals surface area contributed by atoms with E-state index >= 15 is 0 Å². The molecule has 1 aliphatic rings. The Hall–Kier alpha value is -2.06. The number of aromatic nitrogens is 2. The summed E-state index contributed by atoms with van der Waals surface area (Å²) in [5.41, 5.74) is 1.64. The van der Waals surface area contributed by atoms with E-state index in [1.165, 1.54) is 29.3 Å². The highest BCUT2D eigenvalue weighted by atomic mass is 32.2. The van der Waals surface area contributed by atoms with Gasteiger partial charge in [-0.25, -0.2) is 9.78 Å². The standard InChI is InChI=1S/C18H18N2O4S2/c1-9-12(17(22)23-3)7-10(24-9)8-25-18-19-15-14(16(21)20(18)2)11-5-4-6-13(11)26-15/h7H,4-6,8H2,1-3H3. The van der Waals surface area contributed by atoms with Crippen molar-refractivity contribution in [3.63, 3.8) is 0 Å². The van der Waals surface area contributed by atoms with Crippen LogP contribution in [0.3, 0.4) is 0 Å². The Bertz CT molecular complexity index is 1080. The molecule has 136 valence electrons. The number of carbonyl (C=O) groups is 1. The molecule has 4 rings (SSSR count). The molecule has 3 aromatic heterocycles. The zero-order chi connectivity index (χ0) is 18.4. The number of aryl methyl sites for hydroxylation is 3. The Balaban J connectivity index is 1.63. The van der Waals surface area contributed by atoms with Gasteiger partial charge in [-0.05, 0) is 37.8 Å². The first-order valence-corrected chi connectivity index (χ1v) is 10.1. The van der Waals surface area contributed by atoms with Gasteiger partial charge in [-0.2, -0.15) is 0 Å². The van der Waals surface area contributed by atoms with Crippen molar-refractivity contribution >= 4 is 39.3 Å². The number of methoxy groups -OCH3 is 1. The average molecular weight is 390 g/mol. The summed E-state index contributed by atoms with van der Waals surface area (Å²) < 4.78 is 12.0. The molecule has 0 fully saturated rings. The van der Waals surface area contributed by atoms with Crippen LogP contribution in [0.4, 0.5) is 0 Å². The number of carbonyl (C=O) groups excluding carboxylic acids is 1. The number of nitrogens with zero attached hydrogens (tertiary/aromatic N) is 2. The lowest BCUT2D eigenvalue weighted by atomic mass is 10.2. The molecule has 0 unspecified atom stereocenters. The maximum absolute atomic E-state index is 12.8. The van der Waals surface area contributed by atoms with Gasteiger partial charge in [0.05, 0.1) is 18.2 Å². The highest BCUT2D eigenvalue weighted by molar-refractivity contribution is 7.98. The zero-order valence-electron chi connectivity index (χ0n) is 14.7. The maximum atomic E-state index is 12.8. The molecule has 3 aromatic rings. The van der Waals surface area contributed by atoms with Crippen molar-refractivity contribution in [3.05, 3.63) is 43.9 Å². The normalized spacial score (nSPS) is 13.3. The smallest absolute Gasteiger partial charge is 0.341 e. The third-order valence-electron chi connectivity index (χ3n) is 4.62. The van der Waals surface area contributed by atoms with Crippen LogP contribution in [-0.2, 0) is 30.4 Å². The number of ether oxygens (including phenoxy) is 1. The summed E-state index contributed by atoms with van der Waals surface area (Å²) >= 11 is 3.06. The third kappa shape index (κ3) is 2.77. The molecule has 0 bridgehead atoms. The van der Waals surface area contributed by atoms with Gasteiger partial charge in [0.1, 0.15) is 21.9 Å². The molecule has 0 saturated heterocycles. The van der Waals surface area contributed by atoms with E-state index in [1.807, 2.05) is 0 Å². The van der Waals surface area contributed by atoms with Crippen LogP contribution in [0.1, 0.15) is 38.7 Å². The Morgan fingerprint density at radius 2 is 2.27 bits per heavy atom. The zero-order valence-corrected chi connectivity index (χ0v) is 16.4. The van der Waals surface area contributed by atoms with Gasteiger partial charge in [0.15, 0.2) is 5.16 Å². The molecule has 0 spiro atoms. The predicted molar refractivity (Wildman–Crippen MR) is 101 cm³/mol. The van der Waals surface area contributed by atoms with Gasteiger partial charge in [0, 0.05) is 11.9 Å². The first kappa shape index (κ1) is 17.4. The molecule has 0 aromatic carbocycles. The fourth-order valence-corrected chi connectivity index (χ4v) is 5.45. The van der Waals surface area contributed by atoms with Crippen LogP contribution in [-0.4, -0.2) is 22.6 Å². The van der Waals surface area contributed by atoms with Gasteiger partial charge in [-0.15, -0.1) is 11.3 Å². The Morgan fingerprint density at radius 3 is 3.04 bits per heavy atom. The van der Waals surface area contributed by atoms with Crippen molar-refractivity contribution in [3.8, 4) is 0 Å². The summed E-state index contributed by atoms with van der Waals surface area (Å²) in [5.74, 6) is 1.24. The van der Waals surface area contributed by atoms with Crippen molar-refractivity contribution in [1.82, 2.24) is 9.55 Å². The molecular weight excluding hydrogens is 372 g/mol. The van der Waals surface area contributed by atoms with Gasteiger partial charge in [-0.3, -0.25) is 9.36 Å². The number of rotatable bonds is 4. The number of thioether (sulfide) groups is 1. The molecule has 0 radical (unpaired) electrons. The number of thiophene rings is 1. The van der Waals surface area contributed by atoms with Crippen LogP contribution in [0, 0.1) is 6.92 Å². The molecule has 6 nitrogen and oxygen atoms in total. The van der Waals surface area contributed by atoms with Crippen molar-refractivity contribution in [2.75, 3.05) is 7.11 Å².